The number of unbranched alkanes of at least 4 members (excludes halogenated alkanes) is 14. The zero-order chi connectivity index (χ0) is 49.2. The summed E-state index contributed by atoms with van der Waals surface area (Å²) in [6, 6.07) is 0. The van der Waals surface area contributed by atoms with Gasteiger partial charge in [-0.1, -0.05) is 200 Å². The fraction of sp³-hybridized carbons (Fsp3) is 0.649. The van der Waals surface area contributed by atoms with E-state index in [1.165, 1.54) is 57.8 Å². The van der Waals surface area contributed by atoms with E-state index in [0.717, 1.165) is 96.3 Å². The summed E-state index contributed by atoms with van der Waals surface area (Å²) >= 11 is 0. The van der Waals surface area contributed by atoms with E-state index in [9.17, 15) is 19.0 Å². The van der Waals surface area contributed by atoms with Crippen LogP contribution in [0.3, 0.4) is 0 Å². The van der Waals surface area contributed by atoms with Gasteiger partial charge in [0.05, 0.1) is 27.7 Å². The molecule has 0 aromatic carbocycles. The van der Waals surface area contributed by atoms with Crippen LogP contribution in [-0.4, -0.2) is 74.9 Å². The van der Waals surface area contributed by atoms with Gasteiger partial charge in [0.2, 0.25) is 0 Å². The molecule has 2 atom stereocenters. The lowest BCUT2D eigenvalue weighted by Crippen LogP contribution is -2.37. The Morgan fingerprint density at radius 2 is 0.851 bits per heavy atom. The minimum atomic E-state index is -4.39. The largest absolute Gasteiger partial charge is 0.472 e. The average molecular weight is 955 g/mol. The number of carbonyl (C=O) groups is 2. The normalized spacial score (nSPS) is 14.3. The molecule has 0 radical (unpaired) electrons. The van der Waals surface area contributed by atoms with Gasteiger partial charge in [-0.05, 0) is 83.5 Å². The first kappa shape index (κ1) is 63.7. The van der Waals surface area contributed by atoms with Crippen LogP contribution in [0.2, 0.25) is 0 Å². The molecule has 0 aromatic heterocycles. The standard InChI is InChI=1S/C57H96NO8P/c1-6-8-10-12-14-16-18-20-21-22-23-24-25-26-27-28-29-30-31-32-33-34-35-36-37-38-40-42-44-46-48-50-57(60)66-55(54-65-67(61,62)64-52-51-58(3,4)5)53-63-56(59)49-47-45-43-41-39-19-17-15-13-11-9-7-2/h8,10,14,16,20-21,23-24,26-27,29-30,32-33,35-36,38,40,55H,6-7,9,11-13,15,17-19,22,25,28,31,34,37,39,41-54H2,1-5H3/p+1/b10-8-,16-14-,21-20-,24-23-,27-26-,30-29-,33-32-,36-35-,40-38-. The number of phosphoric acid groups is 1. The zero-order valence-corrected chi connectivity index (χ0v) is 44.0. The maximum atomic E-state index is 12.7. The van der Waals surface area contributed by atoms with Crippen molar-refractivity contribution in [2.45, 2.75) is 193 Å². The van der Waals surface area contributed by atoms with E-state index in [2.05, 4.69) is 123 Å². The highest BCUT2D eigenvalue weighted by molar-refractivity contribution is 7.47. The molecule has 10 heteroatoms. The minimum absolute atomic E-state index is 0.0199. The number of allylic oxidation sites excluding steroid dienone is 18. The number of ether oxygens (including phenoxy) is 2. The molecule has 382 valence electrons. The molecule has 1 N–H and O–H groups in total. The Hall–Kier alpha value is -3.33. The molecule has 0 amide bonds. The number of nitrogens with zero attached hydrogens (tertiary/aromatic N) is 1. The predicted octanol–water partition coefficient (Wildman–Crippen LogP) is 15.9. The second kappa shape index (κ2) is 47.7. The van der Waals surface area contributed by atoms with Crippen LogP contribution in [-0.2, 0) is 32.7 Å². The van der Waals surface area contributed by atoms with Crippen molar-refractivity contribution < 1.29 is 42.1 Å². The first-order valence-corrected chi connectivity index (χ1v) is 27.6. The summed E-state index contributed by atoms with van der Waals surface area (Å²) in [5.74, 6) is -0.844. The molecule has 0 aliphatic rings. The Morgan fingerprint density at radius 3 is 1.27 bits per heavy atom. The van der Waals surface area contributed by atoms with E-state index < -0.39 is 26.5 Å². The van der Waals surface area contributed by atoms with Gasteiger partial charge in [-0.15, -0.1) is 0 Å². The number of rotatable bonds is 46. The molecule has 9 nitrogen and oxygen atoms in total. The van der Waals surface area contributed by atoms with E-state index in [0.29, 0.717) is 17.4 Å². The van der Waals surface area contributed by atoms with Gasteiger partial charge >= 0.3 is 19.8 Å². The summed E-state index contributed by atoms with van der Waals surface area (Å²) in [7, 11) is 1.44. The van der Waals surface area contributed by atoms with E-state index in [1.54, 1.807) is 0 Å². The second-order valence-electron chi connectivity index (χ2n) is 18.2. The molecule has 0 aromatic rings. The summed E-state index contributed by atoms with van der Waals surface area (Å²) in [6.07, 6.45) is 65.8. The van der Waals surface area contributed by atoms with Crippen LogP contribution in [0.25, 0.3) is 0 Å². The van der Waals surface area contributed by atoms with Gasteiger partial charge in [0.25, 0.3) is 0 Å². The first-order valence-electron chi connectivity index (χ1n) is 26.1. The fourth-order valence-electron chi connectivity index (χ4n) is 6.53. The highest BCUT2D eigenvalue weighted by Gasteiger charge is 2.27. The van der Waals surface area contributed by atoms with Gasteiger partial charge in [0, 0.05) is 12.8 Å². The van der Waals surface area contributed by atoms with Crippen LogP contribution < -0.4 is 0 Å². The molecule has 0 heterocycles. The average Bonchev–Trinajstić information content (AvgIpc) is 3.29. The number of hydrogen-bond acceptors (Lipinski definition) is 7. The second-order valence-corrected chi connectivity index (χ2v) is 19.6. The van der Waals surface area contributed by atoms with Crippen LogP contribution in [0.1, 0.15) is 187 Å². The third-order valence-corrected chi connectivity index (χ3v) is 11.6. The lowest BCUT2D eigenvalue weighted by Gasteiger charge is -2.24. The van der Waals surface area contributed by atoms with Crippen LogP contribution in [0.15, 0.2) is 109 Å². The molecule has 0 saturated carbocycles. The van der Waals surface area contributed by atoms with Gasteiger partial charge < -0.3 is 18.9 Å². The molecule has 0 saturated heterocycles. The summed E-state index contributed by atoms with van der Waals surface area (Å²) in [5, 5.41) is 0. The van der Waals surface area contributed by atoms with Crippen LogP contribution in [0.4, 0.5) is 0 Å². The van der Waals surface area contributed by atoms with Crippen molar-refractivity contribution in [2.24, 2.45) is 0 Å². The number of carbonyl (C=O) groups excluding carboxylic acids is 2. The lowest BCUT2D eigenvalue weighted by molar-refractivity contribution is -0.870. The number of phosphoric ester groups is 1. The molecular formula is C57H97NO8P+. The van der Waals surface area contributed by atoms with Crippen molar-refractivity contribution in [3.63, 3.8) is 0 Å². The van der Waals surface area contributed by atoms with E-state index in [4.69, 9.17) is 18.5 Å². The van der Waals surface area contributed by atoms with Gasteiger partial charge in [0.1, 0.15) is 19.8 Å². The van der Waals surface area contributed by atoms with E-state index >= 15 is 0 Å². The molecule has 0 aliphatic carbocycles. The zero-order valence-electron chi connectivity index (χ0n) is 43.1. The van der Waals surface area contributed by atoms with Crippen LogP contribution in [0.5, 0.6) is 0 Å². The van der Waals surface area contributed by atoms with Crippen molar-refractivity contribution in [1.82, 2.24) is 0 Å². The van der Waals surface area contributed by atoms with Gasteiger partial charge in [-0.2, -0.15) is 0 Å². The van der Waals surface area contributed by atoms with Gasteiger partial charge in [-0.25, -0.2) is 4.57 Å². The Labute approximate surface area is 410 Å². The molecule has 2 unspecified atom stereocenters. The van der Waals surface area contributed by atoms with Gasteiger partial charge in [-0.3, -0.25) is 18.6 Å². The Bertz CT molecular complexity index is 1500. The van der Waals surface area contributed by atoms with E-state index in [1.807, 2.05) is 21.1 Å². The molecule has 67 heavy (non-hydrogen) atoms. The van der Waals surface area contributed by atoms with Crippen molar-refractivity contribution in [3.8, 4) is 0 Å². The van der Waals surface area contributed by atoms with Crippen molar-refractivity contribution in [3.05, 3.63) is 109 Å². The summed E-state index contributed by atoms with van der Waals surface area (Å²) in [5.41, 5.74) is 0. The van der Waals surface area contributed by atoms with Gasteiger partial charge in [0.15, 0.2) is 6.10 Å². The molecule has 0 fully saturated rings. The van der Waals surface area contributed by atoms with Crippen molar-refractivity contribution >= 4 is 19.8 Å². The monoisotopic (exact) mass is 955 g/mol. The Kier molecular flexibility index (Phi) is 45.4. The van der Waals surface area contributed by atoms with Crippen LogP contribution >= 0.6 is 7.82 Å². The smallest absolute Gasteiger partial charge is 0.462 e. The maximum Gasteiger partial charge on any atom is 0.472 e. The topological polar surface area (TPSA) is 108 Å². The number of likely N-dealkylation sites (N-methyl/N-ethyl adjacent to an activating group) is 1. The fourth-order valence-corrected chi connectivity index (χ4v) is 7.28. The number of hydrogen-bond donors (Lipinski definition) is 1. The Morgan fingerprint density at radius 1 is 0.478 bits per heavy atom. The molecule has 0 spiro atoms. The SMILES string of the molecule is CC/C=C\C/C=C\C/C=C\C/C=C\C/C=C\C/C=C\C/C=C\C/C=C\C/C=C\CCCCCC(=O)OC(COC(=O)CCCCCCCCCCCCCC)COP(=O)(O)OCC[N+](C)(C)C. The lowest BCUT2D eigenvalue weighted by atomic mass is 10.0. The number of esters is 2. The number of quaternary nitrogens is 1. The molecule has 0 rings (SSSR count). The molecule has 0 aliphatic heterocycles. The molecular weight excluding hydrogens is 858 g/mol. The summed E-state index contributed by atoms with van der Waals surface area (Å²) in [4.78, 5) is 35.5. The first-order chi connectivity index (χ1) is 32.5. The van der Waals surface area contributed by atoms with E-state index in [-0.39, 0.29) is 32.0 Å². The summed E-state index contributed by atoms with van der Waals surface area (Å²) in [6.45, 7) is 4.25. The highest BCUT2D eigenvalue weighted by atomic mass is 31.2. The Balaban J connectivity index is 4.29. The quantitative estimate of drug-likeness (QED) is 0.0211. The predicted molar refractivity (Wildman–Crippen MR) is 284 cm³/mol. The minimum Gasteiger partial charge on any atom is -0.462 e. The van der Waals surface area contributed by atoms with Crippen LogP contribution in [0, 0.1) is 0 Å². The molecule has 0 bridgehead atoms. The van der Waals surface area contributed by atoms with Crippen molar-refractivity contribution in [1.29, 1.82) is 0 Å². The summed E-state index contributed by atoms with van der Waals surface area (Å²) < 4.78 is 34.4. The third-order valence-electron chi connectivity index (χ3n) is 10.6. The third kappa shape index (κ3) is 51.9. The van der Waals surface area contributed by atoms with Crippen molar-refractivity contribution in [2.75, 3.05) is 47.5 Å². The highest BCUT2D eigenvalue weighted by Crippen LogP contribution is 2.43. The maximum absolute atomic E-state index is 12.7.